The van der Waals surface area contributed by atoms with Gasteiger partial charge < -0.3 is 15.9 Å². The molecule has 0 aliphatic carbocycles. The van der Waals surface area contributed by atoms with Gasteiger partial charge in [0.2, 0.25) is 0 Å². The first-order chi connectivity index (χ1) is 8.09. The molecule has 86 valence electrons. The van der Waals surface area contributed by atoms with Gasteiger partial charge in [0, 0.05) is 12.0 Å². The third-order valence-electron chi connectivity index (χ3n) is 2.71. The van der Waals surface area contributed by atoms with E-state index in [2.05, 4.69) is 20.4 Å². The van der Waals surface area contributed by atoms with Gasteiger partial charge in [-0.1, -0.05) is 0 Å². The number of phenolic OH excluding ortho intramolecular Hbond substituents is 1. The highest BCUT2D eigenvalue weighted by Gasteiger charge is 2.25. The first-order valence-corrected chi connectivity index (χ1v) is 4.83. The number of aromatic hydroxyl groups is 1. The summed E-state index contributed by atoms with van der Waals surface area (Å²) in [7, 11) is 0. The average molecular weight is 233 g/mol. The second-order valence-electron chi connectivity index (χ2n) is 3.77. The van der Waals surface area contributed by atoms with Crippen LogP contribution in [0, 0.1) is 0 Å². The number of carboxylic acid groups (broad SMARTS) is 1. The molecule has 17 heavy (non-hydrogen) atoms. The van der Waals surface area contributed by atoms with Crippen molar-refractivity contribution in [3.05, 3.63) is 5.56 Å². The maximum Gasteiger partial charge on any atom is 0.320 e. The maximum atomic E-state index is 10.7. The van der Waals surface area contributed by atoms with Crippen LogP contribution >= 0.6 is 0 Å². The van der Waals surface area contributed by atoms with E-state index in [1.54, 1.807) is 0 Å². The molecule has 1 aromatic carbocycles. The summed E-state index contributed by atoms with van der Waals surface area (Å²) in [4.78, 5) is 10.7. The lowest BCUT2D eigenvalue weighted by Gasteiger charge is -2.14. The third kappa shape index (κ3) is 1.18. The van der Waals surface area contributed by atoms with Gasteiger partial charge in [-0.3, -0.25) is 4.79 Å². The lowest BCUT2D eigenvalue weighted by molar-refractivity contribution is -0.138. The number of aliphatic carboxylic acids is 1. The molecule has 2 aromatic heterocycles. The summed E-state index contributed by atoms with van der Waals surface area (Å²) in [5, 5.41) is 33.3. The van der Waals surface area contributed by atoms with Gasteiger partial charge in [0.15, 0.2) is 16.8 Å². The van der Waals surface area contributed by atoms with Crippen LogP contribution in [0.1, 0.15) is 5.56 Å². The zero-order valence-electron chi connectivity index (χ0n) is 8.45. The molecule has 4 N–H and O–H groups in total. The fraction of sp³-hybridized carbons (Fsp3) is 0.222. The normalized spacial score (nSPS) is 13.7. The number of aromatic nitrogens is 4. The summed E-state index contributed by atoms with van der Waals surface area (Å²) in [6, 6.07) is -1.04. The molecule has 0 aliphatic rings. The van der Waals surface area contributed by atoms with Crippen LogP contribution in [-0.4, -0.2) is 42.6 Å². The number of hydrogen-bond acceptors (Lipinski definition) is 7. The molecule has 0 saturated heterocycles. The quantitative estimate of drug-likeness (QED) is 0.530. The Morgan fingerprint density at radius 2 is 1.59 bits per heavy atom. The van der Waals surface area contributed by atoms with Crippen LogP contribution in [0.3, 0.4) is 0 Å². The zero-order chi connectivity index (χ0) is 12.2. The van der Waals surface area contributed by atoms with Crippen molar-refractivity contribution in [3.8, 4) is 5.75 Å². The van der Waals surface area contributed by atoms with Crippen molar-refractivity contribution < 1.29 is 15.0 Å². The van der Waals surface area contributed by atoms with E-state index in [9.17, 15) is 9.90 Å². The first kappa shape index (κ1) is 9.85. The maximum absolute atomic E-state index is 10.7. The molecule has 0 fully saturated rings. The predicted octanol–water partition coefficient (Wildman–Crippen LogP) is -0.891. The summed E-state index contributed by atoms with van der Waals surface area (Å²) in [6.45, 7) is 0. The van der Waals surface area contributed by atoms with Gasteiger partial charge in [-0.05, 0) is 0 Å². The summed E-state index contributed by atoms with van der Waals surface area (Å²) < 4.78 is 0. The fourth-order valence-corrected chi connectivity index (χ4v) is 1.75. The molecule has 2 heterocycles. The molecule has 3 rings (SSSR count). The first-order valence-electron chi connectivity index (χ1n) is 4.83. The van der Waals surface area contributed by atoms with E-state index < -0.39 is 12.0 Å². The Bertz CT molecular complexity index is 653. The van der Waals surface area contributed by atoms with Crippen molar-refractivity contribution in [1.82, 2.24) is 20.4 Å². The number of hydrogen-bond donors (Lipinski definition) is 3. The van der Waals surface area contributed by atoms with Crippen molar-refractivity contribution in [2.45, 2.75) is 12.5 Å². The van der Waals surface area contributed by atoms with Crippen molar-refractivity contribution in [3.63, 3.8) is 0 Å². The smallest absolute Gasteiger partial charge is 0.320 e. The fourth-order valence-electron chi connectivity index (χ4n) is 1.75. The van der Waals surface area contributed by atoms with Crippen LogP contribution < -0.4 is 5.73 Å². The van der Waals surface area contributed by atoms with Gasteiger partial charge in [-0.25, -0.2) is 0 Å². The SMILES string of the molecule is NC(Cc1c2nnc2c(O)c2nnc12)C(=O)O. The largest absolute Gasteiger partial charge is 0.504 e. The molecule has 0 aliphatic heterocycles. The lowest BCUT2D eigenvalue weighted by atomic mass is 10.0. The van der Waals surface area contributed by atoms with E-state index in [0.717, 1.165) is 0 Å². The predicted molar refractivity (Wildman–Crippen MR) is 56.0 cm³/mol. The van der Waals surface area contributed by atoms with Crippen molar-refractivity contribution in [2.24, 2.45) is 5.73 Å². The second-order valence-corrected chi connectivity index (χ2v) is 3.77. The Balaban J connectivity index is 2.14. The van der Waals surface area contributed by atoms with Crippen LogP contribution in [-0.2, 0) is 11.2 Å². The van der Waals surface area contributed by atoms with Crippen molar-refractivity contribution in [2.75, 3.05) is 0 Å². The Hall–Kier alpha value is -2.35. The van der Waals surface area contributed by atoms with E-state index in [4.69, 9.17) is 10.8 Å². The van der Waals surface area contributed by atoms with Crippen molar-refractivity contribution >= 4 is 28.0 Å². The number of carboxylic acids is 1. The minimum Gasteiger partial charge on any atom is -0.504 e. The zero-order valence-corrected chi connectivity index (χ0v) is 8.45. The van der Waals surface area contributed by atoms with E-state index in [0.29, 0.717) is 27.6 Å². The van der Waals surface area contributed by atoms with Crippen LogP contribution in [0.2, 0.25) is 0 Å². The number of carbonyl (C=O) groups is 1. The lowest BCUT2D eigenvalue weighted by Crippen LogP contribution is -2.32. The minimum absolute atomic E-state index is 0.0624. The van der Waals surface area contributed by atoms with E-state index >= 15 is 0 Å². The number of nitrogens with two attached hydrogens (primary N) is 1. The molecule has 1 atom stereocenters. The molecular formula is C9H7N5O3. The highest BCUT2D eigenvalue weighted by molar-refractivity contribution is 6.03. The topological polar surface area (TPSA) is 135 Å². The highest BCUT2D eigenvalue weighted by Crippen LogP contribution is 2.35. The molecule has 0 radical (unpaired) electrons. The average Bonchev–Trinajstić information content (AvgIpc) is 2.11. The molecule has 0 saturated carbocycles. The minimum atomic E-state index is -1.10. The number of nitrogens with zero attached hydrogens (tertiary/aromatic N) is 4. The number of rotatable bonds is 3. The molecule has 1 unspecified atom stereocenters. The third-order valence-corrected chi connectivity index (χ3v) is 2.71. The molecule has 8 heteroatoms. The Morgan fingerprint density at radius 1 is 1.12 bits per heavy atom. The van der Waals surface area contributed by atoms with E-state index in [-0.39, 0.29) is 12.2 Å². The highest BCUT2D eigenvalue weighted by atomic mass is 16.4. The number of fused-ring (bicyclic) bond motifs is 2. The number of benzene rings is 1. The van der Waals surface area contributed by atoms with Gasteiger partial charge in [0.05, 0.1) is 0 Å². The standard InChI is InChI=1S/C9H7N5O3/c10-3(9(16)17)1-2-4-6(13-11-4)8(15)7-5(2)12-14-7/h3,15H,1,10H2,(H,16,17). The molecule has 0 amide bonds. The van der Waals surface area contributed by atoms with Crippen LogP contribution in [0.15, 0.2) is 0 Å². The van der Waals surface area contributed by atoms with E-state index in [1.807, 2.05) is 0 Å². The van der Waals surface area contributed by atoms with Crippen LogP contribution in [0.5, 0.6) is 5.75 Å². The number of phenols is 1. The van der Waals surface area contributed by atoms with Crippen LogP contribution in [0.25, 0.3) is 22.1 Å². The van der Waals surface area contributed by atoms with Crippen LogP contribution in [0.4, 0.5) is 0 Å². The van der Waals surface area contributed by atoms with Gasteiger partial charge in [0.1, 0.15) is 17.1 Å². The summed E-state index contributed by atoms with van der Waals surface area (Å²) >= 11 is 0. The van der Waals surface area contributed by atoms with E-state index in [1.165, 1.54) is 0 Å². The molecule has 0 bridgehead atoms. The Kier molecular flexibility index (Phi) is 1.78. The summed E-state index contributed by atoms with van der Waals surface area (Å²) in [5.74, 6) is -1.17. The Labute approximate surface area is 93.8 Å². The van der Waals surface area contributed by atoms with Gasteiger partial charge in [0.25, 0.3) is 0 Å². The van der Waals surface area contributed by atoms with Crippen molar-refractivity contribution in [1.29, 1.82) is 0 Å². The molecule has 3 aromatic rings. The molecule has 8 nitrogen and oxygen atoms in total. The molecular weight excluding hydrogens is 226 g/mol. The molecule has 0 spiro atoms. The summed E-state index contributed by atoms with van der Waals surface area (Å²) in [5.41, 5.74) is 7.61. The van der Waals surface area contributed by atoms with Gasteiger partial charge in [-0.2, -0.15) is 0 Å². The monoisotopic (exact) mass is 233 g/mol. The van der Waals surface area contributed by atoms with Gasteiger partial charge >= 0.3 is 5.97 Å². The second kappa shape index (κ2) is 3.08. The van der Waals surface area contributed by atoms with Gasteiger partial charge in [-0.15, -0.1) is 20.4 Å². The Morgan fingerprint density at radius 3 is 1.94 bits per heavy atom. The summed E-state index contributed by atoms with van der Waals surface area (Å²) in [6.07, 6.45) is 0.0817.